The summed E-state index contributed by atoms with van der Waals surface area (Å²) in [4.78, 5) is 25.6. The molecule has 0 aromatic heterocycles. The number of hydrogen-bond acceptors (Lipinski definition) is 3. The van der Waals surface area contributed by atoms with Crippen molar-refractivity contribution in [1.29, 1.82) is 0 Å². The maximum absolute atomic E-state index is 12.7. The fourth-order valence-corrected chi connectivity index (χ4v) is 3.34. The molecule has 0 aliphatic carbocycles. The van der Waals surface area contributed by atoms with E-state index in [-0.39, 0.29) is 11.3 Å². The fourth-order valence-electron chi connectivity index (χ4n) is 3.34. The fraction of sp³-hybridized carbons (Fsp3) is 0.857. The lowest BCUT2D eigenvalue weighted by Gasteiger charge is -2.37. The SMILES string of the molecule is CCC1(C(=O)N2CCC(CC(N)=O)CC2)CCNC1. The molecule has 19 heavy (non-hydrogen) atoms. The molecule has 2 amide bonds. The minimum atomic E-state index is -0.227. The van der Waals surface area contributed by atoms with Crippen molar-refractivity contribution >= 4 is 11.8 Å². The quantitative estimate of drug-likeness (QED) is 0.778. The number of carbonyl (C=O) groups is 2. The van der Waals surface area contributed by atoms with Crippen molar-refractivity contribution in [2.75, 3.05) is 26.2 Å². The Morgan fingerprint density at radius 2 is 2.05 bits per heavy atom. The van der Waals surface area contributed by atoms with Gasteiger partial charge in [0.2, 0.25) is 11.8 Å². The Labute approximate surface area is 114 Å². The van der Waals surface area contributed by atoms with Crippen molar-refractivity contribution in [3.8, 4) is 0 Å². The maximum atomic E-state index is 12.7. The molecule has 0 aromatic carbocycles. The standard InChI is InChI=1S/C14H25N3O2/c1-2-14(5-6-16-10-14)13(19)17-7-3-11(4-8-17)9-12(15)18/h11,16H,2-10H2,1H3,(H2,15,18). The summed E-state index contributed by atoms with van der Waals surface area (Å²) in [6, 6.07) is 0. The lowest BCUT2D eigenvalue weighted by atomic mass is 9.81. The molecule has 5 nitrogen and oxygen atoms in total. The van der Waals surface area contributed by atoms with E-state index in [1.165, 1.54) is 0 Å². The summed E-state index contributed by atoms with van der Waals surface area (Å²) >= 11 is 0. The molecule has 0 saturated carbocycles. The average Bonchev–Trinajstić information content (AvgIpc) is 2.88. The van der Waals surface area contributed by atoms with E-state index in [0.29, 0.717) is 18.2 Å². The Balaban J connectivity index is 1.90. The number of nitrogens with two attached hydrogens (primary N) is 1. The van der Waals surface area contributed by atoms with Crippen LogP contribution < -0.4 is 11.1 Å². The number of rotatable bonds is 4. The number of carbonyl (C=O) groups excluding carboxylic acids is 2. The van der Waals surface area contributed by atoms with Crippen LogP contribution >= 0.6 is 0 Å². The summed E-state index contributed by atoms with van der Waals surface area (Å²) < 4.78 is 0. The summed E-state index contributed by atoms with van der Waals surface area (Å²) in [6.07, 6.45) is 4.12. The predicted molar refractivity (Wildman–Crippen MR) is 73.3 cm³/mol. The number of hydrogen-bond donors (Lipinski definition) is 2. The van der Waals surface area contributed by atoms with Crippen LogP contribution in [0.4, 0.5) is 0 Å². The number of nitrogens with zero attached hydrogens (tertiary/aromatic N) is 1. The van der Waals surface area contributed by atoms with E-state index in [1.54, 1.807) is 0 Å². The second kappa shape index (κ2) is 5.90. The lowest BCUT2D eigenvalue weighted by molar-refractivity contribution is -0.142. The zero-order valence-electron chi connectivity index (χ0n) is 11.8. The van der Waals surface area contributed by atoms with Gasteiger partial charge in [0.15, 0.2) is 0 Å². The molecule has 0 aromatic rings. The van der Waals surface area contributed by atoms with Gasteiger partial charge in [0.25, 0.3) is 0 Å². The molecule has 2 fully saturated rings. The molecule has 2 heterocycles. The molecule has 108 valence electrons. The minimum Gasteiger partial charge on any atom is -0.370 e. The van der Waals surface area contributed by atoms with Crippen molar-refractivity contribution in [3.63, 3.8) is 0 Å². The topological polar surface area (TPSA) is 75.4 Å². The molecule has 2 aliphatic heterocycles. The van der Waals surface area contributed by atoms with Crippen molar-refractivity contribution in [3.05, 3.63) is 0 Å². The van der Waals surface area contributed by atoms with E-state index in [1.807, 2.05) is 4.90 Å². The first-order chi connectivity index (χ1) is 9.07. The van der Waals surface area contributed by atoms with Crippen LogP contribution in [-0.4, -0.2) is 42.9 Å². The highest BCUT2D eigenvalue weighted by Gasteiger charge is 2.42. The third kappa shape index (κ3) is 3.08. The first-order valence-corrected chi connectivity index (χ1v) is 7.36. The van der Waals surface area contributed by atoms with E-state index in [9.17, 15) is 9.59 Å². The molecule has 0 bridgehead atoms. The zero-order valence-corrected chi connectivity index (χ0v) is 11.8. The third-order valence-corrected chi connectivity index (χ3v) is 4.77. The molecular formula is C14H25N3O2. The van der Waals surface area contributed by atoms with Crippen molar-refractivity contribution in [2.45, 2.75) is 39.0 Å². The van der Waals surface area contributed by atoms with Crippen LogP contribution in [0.25, 0.3) is 0 Å². The number of amides is 2. The molecular weight excluding hydrogens is 242 g/mol. The van der Waals surface area contributed by atoms with Gasteiger partial charge in [0.05, 0.1) is 5.41 Å². The Morgan fingerprint density at radius 3 is 2.53 bits per heavy atom. The summed E-state index contributed by atoms with van der Waals surface area (Å²) in [7, 11) is 0. The molecule has 2 rings (SSSR count). The summed E-state index contributed by atoms with van der Waals surface area (Å²) in [5.74, 6) is 0.438. The van der Waals surface area contributed by atoms with Crippen LogP contribution in [-0.2, 0) is 9.59 Å². The first-order valence-electron chi connectivity index (χ1n) is 7.36. The molecule has 0 radical (unpaired) electrons. The molecule has 2 aliphatic rings. The largest absolute Gasteiger partial charge is 0.370 e. The van der Waals surface area contributed by atoms with Crippen molar-refractivity contribution in [2.24, 2.45) is 17.1 Å². The number of piperidine rings is 1. The van der Waals surface area contributed by atoms with Gasteiger partial charge >= 0.3 is 0 Å². The Kier molecular flexibility index (Phi) is 4.45. The van der Waals surface area contributed by atoms with Gasteiger partial charge < -0.3 is 16.0 Å². The second-order valence-corrected chi connectivity index (χ2v) is 5.97. The van der Waals surface area contributed by atoms with Crippen molar-refractivity contribution < 1.29 is 9.59 Å². The monoisotopic (exact) mass is 267 g/mol. The zero-order chi connectivity index (χ0) is 13.9. The first kappa shape index (κ1) is 14.3. The van der Waals surface area contributed by atoms with Gasteiger partial charge in [-0.1, -0.05) is 6.92 Å². The average molecular weight is 267 g/mol. The predicted octanol–water partition coefficient (Wildman–Crippen LogP) is 0.490. The molecule has 5 heteroatoms. The van der Waals surface area contributed by atoms with Gasteiger partial charge in [0, 0.05) is 26.1 Å². The molecule has 0 spiro atoms. The molecule has 1 unspecified atom stereocenters. The normalized spacial score (nSPS) is 28.6. The van der Waals surface area contributed by atoms with Gasteiger partial charge in [-0.25, -0.2) is 0 Å². The van der Waals surface area contributed by atoms with Crippen LogP contribution in [0.3, 0.4) is 0 Å². The molecule has 1 atom stereocenters. The number of likely N-dealkylation sites (tertiary alicyclic amines) is 1. The summed E-state index contributed by atoms with van der Waals surface area (Å²) in [6.45, 7) is 5.41. The van der Waals surface area contributed by atoms with E-state index in [2.05, 4.69) is 12.2 Å². The van der Waals surface area contributed by atoms with E-state index in [0.717, 1.165) is 51.9 Å². The van der Waals surface area contributed by atoms with Crippen LogP contribution in [0.2, 0.25) is 0 Å². The van der Waals surface area contributed by atoms with E-state index < -0.39 is 0 Å². The lowest BCUT2D eigenvalue weighted by Crippen LogP contribution is -2.48. The Hall–Kier alpha value is -1.10. The van der Waals surface area contributed by atoms with Crippen molar-refractivity contribution in [1.82, 2.24) is 10.2 Å². The molecule has 3 N–H and O–H groups in total. The maximum Gasteiger partial charge on any atom is 0.230 e. The smallest absolute Gasteiger partial charge is 0.230 e. The number of primary amides is 1. The second-order valence-electron chi connectivity index (χ2n) is 5.97. The van der Waals surface area contributed by atoms with E-state index >= 15 is 0 Å². The van der Waals surface area contributed by atoms with Gasteiger partial charge in [-0.2, -0.15) is 0 Å². The third-order valence-electron chi connectivity index (χ3n) is 4.77. The van der Waals surface area contributed by atoms with Crippen LogP contribution in [0.15, 0.2) is 0 Å². The van der Waals surface area contributed by atoms with Crippen LogP contribution in [0, 0.1) is 11.3 Å². The minimum absolute atomic E-state index is 0.184. The highest BCUT2D eigenvalue weighted by atomic mass is 16.2. The Morgan fingerprint density at radius 1 is 1.37 bits per heavy atom. The van der Waals surface area contributed by atoms with Gasteiger partial charge in [-0.15, -0.1) is 0 Å². The van der Waals surface area contributed by atoms with Gasteiger partial charge in [-0.05, 0) is 38.1 Å². The Bertz CT molecular complexity index is 343. The highest BCUT2D eigenvalue weighted by molar-refractivity contribution is 5.83. The van der Waals surface area contributed by atoms with Gasteiger partial charge in [-0.3, -0.25) is 9.59 Å². The summed E-state index contributed by atoms with van der Waals surface area (Å²) in [5, 5.41) is 3.31. The summed E-state index contributed by atoms with van der Waals surface area (Å²) in [5.41, 5.74) is 5.05. The van der Waals surface area contributed by atoms with Gasteiger partial charge in [0.1, 0.15) is 0 Å². The van der Waals surface area contributed by atoms with Crippen LogP contribution in [0.5, 0.6) is 0 Å². The molecule has 2 saturated heterocycles. The van der Waals surface area contributed by atoms with E-state index in [4.69, 9.17) is 5.73 Å². The number of nitrogens with one attached hydrogen (secondary N) is 1. The highest BCUT2D eigenvalue weighted by Crippen LogP contribution is 2.33. The van der Waals surface area contributed by atoms with Crippen LogP contribution in [0.1, 0.15) is 39.0 Å².